The maximum Gasteiger partial charge on any atom is 0.125 e. The molecular weight excluding hydrogens is 202 g/mol. The molecular formula is C13H21NO2. The minimum Gasteiger partial charge on any atom is -0.490 e. The molecule has 0 atom stereocenters. The molecule has 0 aliphatic carbocycles. The molecule has 1 aromatic rings. The van der Waals surface area contributed by atoms with Crippen molar-refractivity contribution in [2.45, 2.75) is 39.8 Å². The molecule has 90 valence electrons. The van der Waals surface area contributed by atoms with E-state index in [1.54, 1.807) is 13.8 Å². The SMILES string of the molecule is Cc1cc(CN)cc(C)c1OCC(C)(C)O. The summed E-state index contributed by atoms with van der Waals surface area (Å²) in [4.78, 5) is 0. The van der Waals surface area contributed by atoms with Crippen LogP contribution >= 0.6 is 0 Å². The number of aryl methyl sites for hydroxylation is 2. The molecule has 0 spiro atoms. The number of nitrogens with two attached hydrogens (primary N) is 1. The normalized spacial score (nSPS) is 11.6. The lowest BCUT2D eigenvalue weighted by Gasteiger charge is -2.20. The van der Waals surface area contributed by atoms with Gasteiger partial charge in [-0.15, -0.1) is 0 Å². The van der Waals surface area contributed by atoms with Gasteiger partial charge in [0.05, 0.1) is 5.60 Å². The molecule has 3 nitrogen and oxygen atoms in total. The van der Waals surface area contributed by atoms with Gasteiger partial charge in [0.15, 0.2) is 0 Å². The molecule has 0 heterocycles. The van der Waals surface area contributed by atoms with Crippen molar-refractivity contribution < 1.29 is 9.84 Å². The van der Waals surface area contributed by atoms with Gasteiger partial charge in [-0.2, -0.15) is 0 Å². The largest absolute Gasteiger partial charge is 0.490 e. The summed E-state index contributed by atoms with van der Waals surface area (Å²) in [5.74, 6) is 0.847. The molecule has 1 rings (SSSR count). The fraction of sp³-hybridized carbons (Fsp3) is 0.538. The Hall–Kier alpha value is -1.06. The van der Waals surface area contributed by atoms with Gasteiger partial charge in [0.1, 0.15) is 12.4 Å². The molecule has 0 bridgehead atoms. The lowest BCUT2D eigenvalue weighted by atomic mass is 10.1. The number of hydrogen-bond donors (Lipinski definition) is 2. The first-order valence-corrected chi connectivity index (χ1v) is 5.49. The van der Waals surface area contributed by atoms with Crippen LogP contribution in [-0.4, -0.2) is 17.3 Å². The molecule has 0 aliphatic heterocycles. The van der Waals surface area contributed by atoms with E-state index in [1.807, 2.05) is 26.0 Å². The van der Waals surface area contributed by atoms with Crippen molar-refractivity contribution in [3.05, 3.63) is 28.8 Å². The Morgan fingerprint density at radius 2 is 1.75 bits per heavy atom. The third-order valence-corrected chi connectivity index (χ3v) is 2.33. The molecule has 3 heteroatoms. The Labute approximate surface area is 97.2 Å². The van der Waals surface area contributed by atoms with Gasteiger partial charge in [-0.25, -0.2) is 0 Å². The van der Waals surface area contributed by atoms with Crippen molar-refractivity contribution in [3.63, 3.8) is 0 Å². The minimum atomic E-state index is -0.814. The quantitative estimate of drug-likeness (QED) is 0.819. The molecule has 0 fully saturated rings. The van der Waals surface area contributed by atoms with Gasteiger partial charge in [-0.1, -0.05) is 12.1 Å². The van der Waals surface area contributed by atoms with E-state index in [2.05, 4.69) is 0 Å². The predicted molar refractivity (Wildman–Crippen MR) is 65.6 cm³/mol. The van der Waals surface area contributed by atoms with E-state index < -0.39 is 5.60 Å². The van der Waals surface area contributed by atoms with Crippen molar-refractivity contribution in [3.8, 4) is 5.75 Å². The maximum atomic E-state index is 9.62. The summed E-state index contributed by atoms with van der Waals surface area (Å²) < 4.78 is 5.64. The van der Waals surface area contributed by atoms with Crippen LogP contribution in [-0.2, 0) is 6.54 Å². The molecule has 0 amide bonds. The molecule has 0 unspecified atom stereocenters. The van der Waals surface area contributed by atoms with E-state index in [-0.39, 0.29) is 6.61 Å². The third-order valence-electron chi connectivity index (χ3n) is 2.33. The average molecular weight is 223 g/mol. The first-order valence-electron chi connectivity index (χ1n) is 5.49. The Balaban J connectivity index is 2.88. The lowest BCUT2D eigenvalue weighted by Crippen LogP contribution is -2.28. The highest BCUT2D eigenvalue weighted by Crippen LogP contribution is 2.25. The minimum absolute atomic E-state index is 0.288. The van der Waals surface area contributed by atoms with Crippen molar-refractivity contribution >= 4 is 0 Å². The summed E-state index contributed by atoms with van der Waals surface area (Å²) in [7, 11) is 0. The predicted octanol–water partition coefficient (Wildman–Crippen LogP) is 1.91. The van der Waals surface area contributed by atoms with Gasteiger partial charge in [0.2, 0.25) is 0 Å². The van der Waals surface area contributed by atoms with E-state index >= 15 is 0 Å². The Morgan fingerprint density at radius 3 is 2.12 bits per heavy atom. The molecule has 3 N–H and O–H groups in total. The Kier molecular flexibility index (Phi) is 3.94. The van der Waals surface area contributed by atoms with E-state index in [0.717, 1.165) is 22.4 Å². The molecule has 1 aromatic carbocycles. The molecule has 0 aromatic heterocycles. The van der Waals surface area contributed by atoms with Gasteiger partial charge >= 0.3 is 0 Å². The zero-order valence-electron chi connectivity index (χ0n) is 10.5. The van der Waals surface area contributed by atoms with Gasteiger partial charge in [0, 0.05) is 6.54 Å². The van der Waals surface area contributed by atoms with Crippen LogP contribution in [0.5, 0.6) is 5.75 Å². The first kappa shape index (κ1) is 13.0. The number of aliphatic hydroxyl groups is 1. The van der Waals surface area contributed by atoms with Crippen LogP contribution in [0.2, 0.25) is 0 Å². The van der Waals surface area contributed by atoms with Crippen LogP contribution in [0, 0.1) is 13.8 Å². The summed E-state index contributed by atoms with van der Waals surface area (Å²) in [6.07, 6.45) is 0. The summed E-state index contributed by atoms with van der Waals surface area (Å²) in [6, 6.07) is 4.04. The van der Waals surface area contributed by atoms with Crippen molar-refractivity contribution in [1.29, 1.82) is 0 Å². The zero-order chi connectivity index (χ0) is 12.3. The van der Waals surface area contributed by atoms with Gasteiger partial charge < -0.3 is 15.6 Å². The van der Waals surface area contributed by atoms with Crippen LogP contribution in [0.25, 0.3) is 0 Å². The summed E-state index contributed by atoms with van der Waals surface area (Å²) in [5.41, 5.74) is 8.01. The Morgan fingerprint density at radius 1 is 1.25 bits per heavy atom. The van der Waals surface area contributed by atoms with E-state index in [0.29, 0.717) is 6.54 Å². The Bertz CT molecular complexity index is 344. The number of ether oxygens (including phenoxy) is 1. The monoisotopic (exact) mass is 223 g/mol. The topological polar surface area (TPSA) is 55.5 Å². The van der Waals surface area contributed by atoms with Gasteiger partial charge in [-0.05, 0) is 44.4 Å². The molecule has 0 radical (unpaired) electrons. The highest BCUT2D eigenvalue weighted by Gasteiger charge is 2.15. The fourth-order valence-electron chi connectivity index (χ4n) is 1.63. The average Bonchev–Trinajstić information content (AvgIpc) is 2.14. The fourth-order valence-corrected chi connectivity index (χ4v) is 1.63. The molecule has 16 heavy (non-hydrogen) atoms. The number of hydrogen-bond acceptors (Lipinski definition) is 3. The van der Waals surface area contributed by atoms with Crippen LogP contribution in [0.3, 0.4) is 0 Å². The molecule has 0 saturated carbocycles. The summed E-state index contributed by atoms with van der Waals surface area (Å²) >= 11 is 0. The third kappa shape index (κ3) is 3.51. The van der Waals surface area contributed by atoms with Crippen molar-refractivity contribution in [2.75, 3.05) is 6.61 Å². The molecule has 0 saturated heterocycles. The van der Waals surface area contributed by atoms with Crippen molar-refractivity contribution in [1.82, 2.24) is 0 Å². The highest BCUT2D eigenvalue weighted by molar-refractivity contribution is 5.43. The summed E-state index contributed by atoms with van der Waals surface area (Å²) in [5, 5.41) is 9.62. The van der Waals surface area contributed by atoms with Gasteiger partial charge in [-0.3, -0.25) is 0 Å². The zero-order valence-corrected chi connectivity index (χ0v) is 10.5. The lowest BCUT2D eigenvalue weighted by molar-refractivity contribution is 0.0280. The van der Waals surface area contributed by atoms with Crippen LogP contribution in [0.1, 0.15) is 30.5 Å². The smallest absolute Gasteiger partial charge is 0.125 e. The van der Waals surface area contributed by atoms with Crippen molar-refractivity contribution in [2.24, 2.45) is 5.73 Å². The van der Waals surface area contributed by atoms with Crippen LogP contribution < -0.4 is 10.5 Å². The van der Waals surface area contributed by atoms with E-state index in [9.17, 15) is 5.11 Å². The standard InChI is InChI=1S/C13H21NO2/c1-9-5-11(7-14)6-10(2)12(9)16-8-13(3,4)15/h5-6,15H,7-8,14H2,1-4H3. The maximum absolute atomic E-state index is 9.62. The second-order valence-corrected chi connectivity index (χ2v) is 4.86. The number of benzene rings is 1. The molecule has 0 aliphatic rings. The highest BCUT2D eigenvalue weighted by atomic mass is 16.5. The number of rotatable bonds is 4. The second-order valence-electron chi connectivity index (χ2n) is 4.86. The van der Waals surface area contributed by atoms with Gasteiger partial charge in [0.25, 0.3) is 0 Å². The van der Waals surface area contributed by atoms with E-state index in [4.69, 9.17) is 10.5 Å². The van der Waals surface area contributed by atoms with Crippen LogP contribution in [0.15, 0.2) is 12.1 Å². The van der Waals surface area contributed by atoms with Crippen LogP contribution in [0.4, 0.5) is 0 Å². The second kappa shape index (κ2) is 4.85. The van der Waals surface area contributed by atoms with E-state index in [1.165, 1.54) is 0 Å². The first-order chi connectivity index (χ1) is 7.33. The summed E-state index contributed by atoms with van der Waals surface area (Å²) in [6.45, 7) is 8.26.